The molecule has 11 rings (SSSR count). The Bertz CT molecular complexity index is 3280. The van der Waals surface area contributed by atoms with E-state index in [1.54, 1.807) is 0 Å². The monoisotopic (exact) mass is 789 g/mol. The lowest BCUT2D eigenvalue weighted by atomic mass is 9.92. The zero-order chi connectivity index (χ0) is 41.2. The number of hydrogen-bond acceptors (Lipinski definition) is 3. The van der Waals surface area contributed by atoms with Crippen LogP contribution in [0.1, 0.15) is 0 Å². The molecule has 0 fully saturated rings. The van der Waals surface area contributed by atoms with Crippen LogP contribution in [0.5, 0.6) is 0 Å². The van der Waals surface area contributed by atoms with Crippen LogP contribution >= 0.6 is 0 Å². The van der Waals surface area contributed by atoms with Crippen molar-refractivity contribution >= 4 is 21.7 Å². The zero-order valence-electron chi connectivity index (χ0n) is 33.9. The zero-order valence-corrected chi connectivity index (χ0v) is 33.9. The van der Waals surface area contributed by atoms with Crippen molar-refractivity contribution in [1.29, 1.82) is 0 Å². The fraction of sp³-hybridized carbons (Fsp3) is 0. The van der Waals surface area contributed by atoms with E-state index in [-0.39, 0.29) is 0 Å². The Labute approximate surface area is 361 Å². The molecule has 0 aliphatic rings. The first-order valence-corrected chi connectivity index (χ1v) is 21.0. The Morgan fingerprint density at radius 1 is 0.242 bits per heavy atom. The van der Waals surface area contributed by atoms with E-state index in [1.807, 2.05) is 18.2 Å². The summed E-state index contributed by atoms with van der Waals surface area (Å²) in [4.78, 5) is 15.6. The van der Waals surface area contributed by atoms with E-state index in [0.29, 0.717) is 5.82 Å². The molecule has 0 aliphatic heterocycles. The van der Waals surface area contributed by atoms with E-state index in [4.69, 9.17) is 15.0 Å². The number of pyridine rings is 1. The van der Waals surface area contributed by atoms with Gasteiger partial charge in [-0.2, -0.15) is 0 Å². The highest BCUT2D eigenvalue weighted by Crippen LogP contribution is 2.39. The molecule has 0 amide bonds. The summed E-state index contributed by atoms with van der Waals surface area (Å²) in [6.45, 7) is 0. The average Bonchev–Trinajstić information content (AvgIpc) is 3.37. The third-order valence-electron chi connectivity index (χ3n) is 11.7. The second-order valence-corrected chi connectivity index (χ2v) is 15.6. The average molecular weight is 790 g/mol. The Morgan fingerprint density at radius 3 is 1.34 bits per heavy atom. The molecule has 3 nitrogen and oxygen atoms in total. The van der Waals surface area contributed by atoms with E-state index < -0.39 is 0 Å². The molecule has 0 bridgehead atoms. The van der Waals surface area contributed by atoms with Gasteiger partial charge in [-0.05, 0) is 91.7 Å². The molecule has 0 aliphatic carbocycles. The number of aromatic nitrogens is 3. The molecule has 0 N–H and O–H groups in total. The van der Waals surface area contributed by atoms with Crippen LogP contribution in [0.2, 0.25) is 0 Å². The number of fused-ring (bicyclic) bond motifs is 3. The summed E-state index contributed by atoms with van der Waals surface area (Å²) in [5.41, 5.74) is 17.0. The SMILES string of the molecule is c1ccc(-c2cccc(-c3cc(-c4ccc(-c5cccc(-c6cc(-c7ccccc7)nc7ccc8ccccc8c67)c5)cc4)nc(-c4cccc(-c5ccccc5)c4)n3)c2)cc1. The van der Waals surface area contributed by atoms with Crippen molar-refractivity contribution in [3.05, 3.63) is 237 Å². The molecule has 2 heterocycles. The quantitative estimate of drug-likeness (QED) is 0.144. The molecular formula is C59H39N3. The van der Waals surface area contributed by atoms with Crippen LogP contribution in [-0.4, -0.2) is 15.0 Å². The summed E-state index contributed by atoms with van der Waals surface area (Å²) in [6, 6.07) is 83.5. The highest BCUT2D eigenvalue weighted by atomic mass is 14.9. The standard InChI is InChI=1S/C59H39N3/c1-4-15-40(16-5-1)47-23-13-26-50(36-47)57-39-56(61-59(62-57)51-27-14-24-48(37-51)41-17-6-2-7-18-41)45-31-29-42(30-32-45)46-22-12-25-49(35-46)53-38-55(44-20-8-3-9-21-44)60-54-34-33-43-19-10-11-28-52(43)58(53)54/h1-39H. The van der Waals surface area contributed by atoms with Crippen LogP contribution in [0.15, 0.2) is 237 Å². The van der Waals surface area contributed by atoms with Gasteiger partial charge in [0, 0.05) is 27.6 Å². The molecular weight excluding hydrogens is 751 g/mol. The Kier molecular flexibility index (Phi) is 9.53. The van der Waals surface area contributed by atoms with Crippen LogP contribution in [0.4, 0.5) is 0 Å². The molecule has 0 radical (unpaired) electrons. The van der Waals surface area contributed by atoms with Crippen molar-refractivity contribution < 1.29 is 0 Å². The lowest BCUT2D eigenvalue weighted by Gasteiger charge is -2.14. The van der Waals surface area contributed by atoms with E-state index in [2.05, 4.69) is 218 Å². The summed E-state index contributed by atoms with van der Waals surface area (Å²) in [7, 11) is 0. The van der Waals surface area contributed by atoms with Gasteiger partial charge < -0.3 is 0 Å². The third kappa shape index (κ3) is 7.23. The highest BCUT2D eigenvalue weighted by molar-refractivity contribution is 6.14. The molecule has 0 spiro atoms. The third-order valence-corrected chi connectivity index (χ3v) is 11.7. The van der Waals surface area contributed by atoms with Crippen molar-refractivity contribution in [3.8, 4) is 89.7 Å². The van der Waals surface area contributed by atoms with Crippen LogP contribution in [0, 0.1) is 0 Å². The molecule has 0 saturated carbocycles. The molecule has 2 aromatic heterocycles. The van der Waals surface area contributed by atoms with Gasteiger partial charge >= 0.3 is 0 Å². The van der Waals surface area contributed by atoms with Gasteiger partial charge in [-0.3, -0.25) is 0 Å². The fourth-order valence-electron chi connectivity index (χ4n) is 8.52. The lowest BCUT2D eigenvalue weighted by Crippen LogP contribution is -1.96. The largest absolute Gasteiger partial charge is 0.248 e. The molecule has 0 unspecified atom stereocenters. The first-order valence-electron chi connectivity index (χ1n) is 21.0. The summed E-state index contributed by atoms with van der Waals surface area (Å²) in [6.07, 6.45) is 0. The lowest BCUT2D eigenvalue weighted by molar-refractivity contribution is 1.18. The van der Waals surface area contributed by atoms with Crippen LogP contribution in [0.25, 0.3) is 111 Å². The van der Waals surface area contributed by atoms with Crippen molar-refractivity contribution in [2.75, 3.05) is 0 Å². The number of benzene rings is 9. The van der Waals surface area contributed by atoms with Crippen LogP contribution in [0.3, 0.4) is 0 Å². The second kappa shape index (κ2) is 16.1. The number of hydrogen-bond donors (Lipinski definition) is 0. The summed E-state index contributed by atoms with van der Waals surface area (Å²) in [5, 5.41) is 3.56. The van der Waals surface area contributed by atoms with Gasteiger partial charge in [-0.15, -0.1) is 0 Å². The minimum atomic E-state index is 0.684. The molecule has 290 valence electrons. The maximum absolute atomic E-state index is 5.24. The van der Waals surface area contributed by atoms with Gasteiger partial charge in [0.25, 0.3) is 0 Å². The molecule has 62 heavy (non-hydrogen) atoms. The maximum atomic E-state index is 5.24. The first-order chi connectivity index (χ1) is 30.7. The molecule has 3 heteroatoms. The van der Waals surface area contributed by atoms with Gasteiger partial charge in [0.2, 0.25) is 0 Å². The van der Waals surface area contributed by atoms with Gasteiger partial charge in [0.1, 0.15) is 0 Å². The predicted octanol–water partition coefficient (Wildman–Crippen LogP) is 15.5. The molecule has 11 aromatic rings. The van der Waals surface area contributed by atoms with E-state index in [1.165, 1.54) is 16.3 Å². The Balaban J connectivity index is 0.999. The van der Waals surface area contributed by atoms with Crippen molar-refractivity contribution in [2.45, 2.75) is 0 Å². The van der Waals surface area contributed by atoms with Crippen molar-refractivity contribution in [1.82, 2.24) is 15.0 Å². The Hall–Kier alpha value is -8.27. The fourth-order valence-corrected chi connectivity index (χ4v) is 8.52. The summed E-state index contributed by atoms with van der Waals surface area (Å²) < 4.78 is 0. The number of nitrogens with zero attached hydrogens (tertiary/aromatic N) is 3. The van der Waals surface area contributed by atoms with Crippen LogP contribution in [-0.2, 0) is 0 Å². The van der Waals surface area contributed by atoms with Crippen molar-refractivity contribution in [3.63, 3.8) is 0 Å². The minimum absolute atomic E-state index is 0.684. The minimum Gasteiger partial charge on any atom is -0.248 e. The smallest absolute Gasteiger partial charge is 0.160 e. The first kappa shape index (κ1) is 36.8. The van der Waals surface area contributed by atoms with Crippen LogP contribution < -0.4 is 0 Å². The summed E-state index contributed by atoms with van der Waals surface area (Å²) >= 11 is 0. The maximum Gasteiger partial charge on any atom is 0.160 e. The van der Waals surface area contributed by atoms with Gasteiger partial charge in [-0.25, -0.2) is 15.0 Å². The normalized spacial score (nSPS) is 11.2. The number of rotatable bonds is 8. The van der Waals surface area contributed by atoms with Crippen molar-refractivity contribution in [2.24, 2.45) is 0 Å². The van der Waals surface area contributed by atoms with E-state index >= 15 is 0 Å². The molecule has 0 atom stereocenters. The molecule has 0 saturated heterocycles. The van der Waals surface area contributed by atoms with Gasteiger partial charge in [0.15, 0.2) is 5.82 Å². The van der Waals surface area contributed by atoms with E-state index in [0.717, 1.165) is 89.2 Å². The topological polar surface area (TPSA) is 38.7 Å². The predicted molar refractivity (Wildman–Crippen MR) is 258 cm³/mol. The van der Waals surface area contributed by atoms with Gasteiger partial charge in [-0.1, -0.05) is 200 Å². The Morgan fingerprint density at radius 2 is 0.677 bits per heavy atom. The second-order valence-electron chi connectivity index (χ2n) is 15.6. The van der Waals surface area contributed by atoms with Gasteiger partial charge in [0.05, 0.1) is 22.6 Å². The van der Waals surface area contributed by atoms with E-state index in [9.17, 15) is 0 Å². The highest BCUT2D eigenvalue weighted by Gasteiger charge is 2.16. The summed E-state index contributed by atoms with van der Waals surface area (Å²) in [5.74, 6) is 0.684. The molecule has 9 aromatic carbocycles.